The standard InChI is InChI=1S/C18H17FN2O2/c19-15-8-6-14(7-9-15)18(10-11-18)21-16(22)12-20-17(23)13-4-2-1-3-5-13/h1-9H,10-12H2,(H,20,23)(H,21,22). The molecule has 2 amide bonds. The third kappa shape index (κ3) is 3.56. The number of hydrogen-bond acceptors (Lipinski definition) is 2. The van der Waals surface area contributed by atoms with Crippen LogP contribution in [0.1, 0.15) is 28.8 Å². The zero-order valence-electron chi connectivity index (χ0n) is 12.5. The topological polar surface area (TPSA) is 58.2 Å². The zero-order chi connectivity index (χ0) is 16.3. The van der Waals surface area contributed by atoms with Gasteiger partial charge < -0.3 is 10.6 Å². The molecule has 0 aliphatic heterocycles. The molecule has 2 N–H and O–H groups in total. The molecule has 1 aliphatic rings. The van der Waals surface area contributed by atoms with E-state index in [1.54, 1.807) is 36.4 Å². The van der Waals surface area contributed by atoms with Crippen molar-refractivity contribution in [1.29, 1.82) is 0 Å². The lowest BCUT2D eigenvalue weighted by atomic mass is 10.0. The van der Waals surface area contributed by atoms with E-state index in [2.05, 4.69) is 10.6 Å². The molecule has 4 nitrogen and oxygen atoms in total. The van der Waals surface area contributed by atoms with Gasteiger partial charge in [-0.05, 0) is 42.7 Å². The molecule has 1 aliphatic carbocycles. The maximum absolute atomic E-state index is 13.0. The van der Waals surface area contributed by atoms with E-state index in [0.717, 1.165) is 18.4 Å². The van der Waals surface area contributed by atoms with Crippen LogP contribution in [0, 0.1) is 5.82 Å². The quantitative estimate of drug-likeness (QED) is 0.890. The minimum Gasteiger partial charge on any atom is -0.345 e. The summed E-state index contributed by atoms with van der Waals surface area (Å²) in [4.78, 5) is 24.0. The van der Waals surface area contributed by atoms with Gasteiger partial charge in [0.2, 0.25) is 5.91 Å². The molecule has 0 bridgehead atoms. The van der Waals surface area contributed by atoms with Crippen molar-refractivity contribution >= 4 is 11.8 Å². The molecule has 2 aromatic carbocycles. The number of benzene rings is 2. The summed E-state index contributed by atoms with van der Waals surface area (Å²) >= 11 is 0. The SMILES string of the molecule is O=C(CNC(=O)c1ccccc1)NC1(c2ccc(F)cc2)CC1. The van der Waals surface area contributed by atoms with Gasteiger partial charge in [-0.2, -0.15) is 0 Å². The normalized spacial score (nSPS) is 14.8. The first-order chi connectivity index (χ1) is 11.1. The molecule has 0 saturated heterocycles. The lowest BCUT2D eigenvalue weighted by Gasteiger charge is -2.18. The van der Waals surface area contributed by atoms with E-state index in [4.69, 9.17) is 0 Å². The Bertz CT molecular complexity index is 710. The Balaban J connectivity index is 1.55. The average Bonchev–Trinajstić information content (AvgIpc) is 3.34. The van der Waals surface area contributed by atoms with Gasteiger partial charge in [0, 0.05) is 5.56 Å². The third-order valence-corrected chi connectivity index (χ3v) is 3.97. The Labute approximate surface area is 133 Å². The number of rotatable bonds is 5. The van der Waals surface area contributed by atoms with Crippen molar-refractivity contribution < 1.29 is 14.0 Å². The first-order valence-corrected chi connectivity index (χ1v) is 7.49. The molecular weight excluding hydrogens is 295 g/mol. The second-order valence-corrected chi connectivity index (χ2v) is 5.69. The van der Waals surface area contributed by atoms with Gasteiger partial charge in [0.1, 0.15) is 5.82 Å². The Morgan fingerprint density at radius 2 is 1.65 bits per heavy atom. The van der Waals surface area contributed by atoms with Crippen LogP contribution in [-0.4, -0.2) is 18.4 Å². The molecular formula is C18H17FN2O2. The minimum absolute atomic E-state index is 0.0866. The number of hydrogen-bond donors (Lipinski definition) is 2. The van der Waals surface area contributed by atoms with Crippen molar-refractivity contribution in [2.24, 2.45) is 0 Å². The summed E-state index contributed by atoms with van der Waals surface area (Å²) in [5, 5.41) is 5.53. The van der Waals surface area contributed by atoms with Gasteiger partial charge in [0.25, 0.3) is 5.91 Å². The van der Waals surface area contributed by atoms with E-state index < -0.39 is 5.54 Å². The van der Waals surface area contributed by atoms with Crippen LogP contribution < -0.4 is 10.6 Å². The van der Waals surface area contributed by atoms with E-state index in [9.17, 15) is 14.0 Å². The van der Waals surface area contributed by atoms with Crippen molar-refractivity contribution in [2.45, 2.75) is 18.4 Å². The van der Waals surface area contributed by atoms with E-state index in [-0.39, 0.29) is 24.2 Å². The zero-order valence-corrected chi connectivity index (χ0v) is 12.5. The summed E-state index contributed by atoms with van der Waals surface area (Å²) < 4.78 is 13.0. The summed E-state index contributed by atoms with van der Waals surface area (Å²) in [5.41, 5.74) is 0.990. The molecule has 1 fully saturated rings. The van der Waals surface area contributed by atoms with Gasteiger partial charge in [-0.1, -0.05) is 30.3 Å². The maximum atomic E-state index is 13.0. The third-order valence-electron chi connectivity index (χ3n) is 3.97. The summed E-state index contributed by atoms with van der Waals surface area (Å²) in [6, 6.07) is 14.9. The van der Waals surface area contributed by atoms with Crippen LogP contribution in [0.2, 0.25) is 0 Å². The average molecular weight is 312 g/mol. The molecule has 5 heteroatoms. The molecule has 0 atom stereocenters. The van der Waals surface area contributed by atoms with Crippen molar-refractivity contribution in [1.82, 2.24) is 10.6 Å². The Hall–Kier alpha value is -2.69. The molecule has 23 heavy (non-hydrogen) atoms. The van der Waals surface area contributed by atoms with Gasteiger partial charge in [0.15, 0.2) is 0 Å². The highest BCUT2D eigenvalue weighted by atomic mass is 19.1. The fourth-order valence-corrected chi connectivity index (χ4v) is 2.54. The largest absolute Gasteiger partial charge is 0.345 e. The Morgan fingerprint density at radius 1 is 1.00 bits per heavy atom. The monoisotopic (exact) mass is 312 g/mol. The second kappa shape index (κ2) is 6.20. The summed E-state index contributed by atoms with van der Waals surface area (Å²) in [7, 11) is 0. The van der Waals surface area contributed by atoms with Crippen LogP contribution in [-0.2, 0) is 10.3 Å². The van der Waals surface area contributed by atoms with Gasteiger partial charge in [-0.3, -0.25) is 9.59 Å². The van der Waals surface area contributed by atoms with Crippen LogP contribution in [0.15, 0.2) is 54.6 Å². The Morgan fingerprint density at radius 3 is 2.26 bits per heavy atom. The van der Waals surface area contributed by atoms with E-state index in [1.807, 2.05) is 6.07 Å². The predicted molar refractivity (Wildman–Crippen MR) is 84.2 cm³/mol. The number of carbonyl (C=O) groups is 2. The van der Waals surface area contributed by atoms with Crippen LogP contribution >= 0.6 is 0 Å². The fraction of sp³-hybridized carbons (Fsp3) is 0.222. The molecule has 1 saturated carbocycles. The van der Waals surface area contributed by atoms with Crippen molar-refractivity contribution in [3.63, 3.8) is 0 Å². The molecule has 0 heterocycles. The molecule has 0 spiro atoms. The van der Waals surface area contributed by atoms with Crippen molar-refractivity contribution in [3.05, 3.63) is 71.5 Å². The smallest absolute Gasteiger partial charge is 0.251 e. The van der Waals surface area contributed by atoms with Crippen LogP contribution in [0.5, 0.6) is 0 Å². The van der Waals surface area contributed by atoms with E-state index in [1.165, 1.54) is 12.1 Å². The van der Waals surface area contributed by atoms with E-state index in [0.29, 0.717) is 5.56 Å². The van der Waals surface area contributed by atoms with E-state index >= 15 is 0 Å². The highest BCUT2D eigenvalue weighted by molar-refractivity contribution is 5.96. The summed E-state index contributed by atoms with van der Waals surface area (Å²) in [5.74, 6) is -0.838. The number of nitrogens with one attached hydrogen (secondary N) is 2. The van der Waals surface area contributed by atoms with Gasteiger partial charge in [-0.15, -0.1) is 0 Å². The summed E-state index contributed by atoms with van der Waals surface area (Å²) in [6.45, 7) is -0.0866. The predicted octanol–water partition coefficient (Wildman–Crippen LogP) is 2.36. The Kier molecular flexibility index (Phi) is 4.10. The highest BCUT2D eigenvalue weighted by Gasteiger charge is 2.45. The fourth-order valence-electron chi connectivity index (χ4n) is 2.54. The highest BCUT2D eigenvalue weighted by Crippen LogP contribution is 2.45. The molecule has 2 aromatic rings. The van der Waals surface area contributed by atoms with Gasteiger partial charge in [0.05, 0.1) is 12.1 Å². The first-order valence-electron chi connectivity index (χ1n) is 7.49. The van der Waals surface area contributed by atoms with Crippen molar-refractivity contribution in [2.75, 3.05) is 6.54 Å². The van der Waals surface area contributed by atoms with Crippen LogP contribution in [0.4, 0.5) is 4.39 Å². The number of amides is 2. The first kappa shape index (κ1) is 15.2. The second-order valence-electron chi connectivity index (χ2n) is 5.69. The van der Waals surface area contributed by atoms with Crippen LogP contribution in [0.3, 0.4) is 0 Å². The number of halogens is 1. The molecule has 0 aromatic heterocycles. The molecule has 118 valence electrons. The lowest BCUT2D eigenvalue weighted by Crippen LogP contribution is -2.42. The summed E-state index contributed by atoms with van der Waals surface area (Å²) in [6.07, 6.45) is 1.63. The molecule has 0 radical (unpaired) electrons. The molecule has 0 unspecified atom stereocenters. The lowest BCUT2D eigenvalue weighted by molar-refractivity contribution is -0.121. The number of carbonyl (C=O) groups excluding carboxylic acids is 2. The van der Waals surface area contributed by atoms with Gasteiger partial charge >= 0.3 is 0 Å². The van der Waals surface area contributed by atoms with Crippen LogP contribution in [0.25, 0.3) is 0 Å². The van der Waals surface area contributed by atoms with Crippen molar-refractivity contribution in [3.8, 4) is 0 Å². The molecule has 3 rings (SSSR count). The maximum Gasteiger partial charge on any atom is 0.251 e. The van der Waals surface area contributed by atoms with Gasteiger partial charge in [-0.25, -0.2) is 4.39 Å². The minimum atomic E-state index is -0.414.